The first-order chi connectivity index (χ1) is 22.0. The molecule has 0 spiro atoms. The number of benzene rings is 2. The molecule has 2 aliphatic rings. The summed E-state index contributed by atoms with van der Waals surface area (Å²) >= 11 is 0. The van der Waals surface area contributed by atoms with Gasteiger partial charge in [0.25, 0.3) is 0 Å². The predicted octanol–water partition coefficient (Wildman–Crippen LogP) is 5.65. The van der Waals surface area contributed by atoms with Crippen molar-refractivity contribution in [3.05, 3.63) is 65.7 Å². The molecule has 2 atom stereocenters. The Morgan fingerprint density at radius 3 is 2.37 bits per heavy atom. The minimum atomic E-state index is -0.599. The predicted molar refractivity (Wildman–Crippen MR) is 174 cm³/mol. The lowest BCUT2D eigenvalue weighted by atomic mass is 9.91. The van der Waals surface area contributed by atoms with Crippen LogP contribution in [-0.4, -0.2) is 72.6 Å². The number of amides is 3. The second-order valence-corrected chi connectivity index (χ2v) is 13.3. The van der Waals surface area contributed by atoms with E-state index >= 15 is 0 Å². The molecule has 10 heteroatoms. The Labute approximate surface area is 272 Å². The van der Waals surface area contributed by atoms with Crippen LogP contribution in [-0.2, 0) is 30.5 Å². The van der Waals surface area contributed by atoms with Gasteiger partial charge in [0.05, 0.1) is 25.5 Å². The van der Waals surface area contributed by atoms with Gasteiger partial charge in [-0.25, -0.2) is 4.79 Å². The van der Waals surface area contributed by atoms with E-state index in [0.29, 0.717) is 57.3 Å². The highest BCUT2D eigenvalue weighted by molar-refractivity contribution is 5.82. The monoisotopic (exact) mass is 635 g/mol. The summed E-state index contributed by atoms with van der Waals surface area (Å²) in [6, 6.07) is 16.6. The zero-order valence-electron chi connectivity index (χ0n) is 27.7. The zero-order valence-corrected chi connectivity index (χ0v) is 27.7. The van der Waals surface area contributed by atoms with Crippen LogP contribution in [0.5, 0.6) is 5.75 Å². The van der Waals surface area contributed by atoms with Gasteiger partial charge in [-0.05, 0) is 82.1 Å². The highest BCUT2D eigenvalue weighted by Gasteiger charge is 2.32. The summed E-state index contributed by atoms with van der Waals surface area (Å²) in [5, 5.41) is 3.06. The quantitative estimate of drug-likeness (QED) is 0.317. The fraction of sp³-hybridized carbons (Fsp3) is 0.556. The van der Waals surface area contributed by atoms with Crippen molar-refractivity contribution in [2.75, 3.05) is 33.3 Å². The summed E-state index contributed by atoms with van der Waals surface area (Å²) < 4.78 is 16.4. The van der Waals surface area contributed by atoms with E-state index in [-0.39, 0.29) is 30.2 Å². The maximum Gasteiger partial charge on any atom is 0.410 e. The van der Waals surface area contributed by atoms with E-state index in [1.807, 2.05) is 75.4 Å². The van der Waals surface area contributed by atoms with E-state index in [0.717, 1.165) is 36.8 Å². The molecule has 3 amide bonds. The number of piperidine rings is 2. The van der Waals surface area contributed by atoms with E-state index < -0.39 is 17.6 Å². The van der Waals surface area contributed by atoms with Crippen LogP contribution in [0.15, 0.2) is 54.6 Å². The van der Waals surface area contributed by atoms with E-state index in [4.69, 9.17) is 14.2 Å². The smallest absolute Gasteiger partial charge is 0.410 e. The number of carbonyl (C=O) groups is 4. The molecule has 0 aliphatic carbocycles. The van der Waals surface area contributed by atoms with E-state index in [2.05, 4.69) is 5.32 Å². The third kappa shape index (κ3) is 10.8. The largest absolute Gasteiger partial charge is 0.489 e. The van der Waals surface area contributed by atoms with Crippen molar-refractivity contribution in [1.82, 2.24) is 15.1 Å². The standard InChI is InChI=1S/C36H49N3O7/c1-36(2,3)46-35(43)38-20-17-26(18-21-38)15-16-32(40)39-19-9-13-29(24-39)34(42)37-31(23-33(41)44-4)28-12-8-14-30(22-28)45-25-27-10-6-5-7-11-27/h5-8,10-12,14,22,26,29,31H,9,13,15-21,23-25H2,1-4H3,(H,37,42)/t29-,31+/m1/s1. The topological polar surface area (TPSA) is 114 Å². The Kier molecular flexibility index (Phi) is 12.5. The lowest BCUT2D eigenvalue weighted by Gasteiger charge is -2.35. The van der Waals surface area contributed by atoms with Crippen LogP contribution in [0, 0.1) is 11.8 Å². The first kappa shape index (κ1) is 34.8. The Balaban J connectivity index is 1.28. The molecule has 0 saturated carbocycles. The number of rotatable bonds is 11. The second-order valence-electron chi connectivity index (χ2n) is 13.3. The van der Waals surface area contributed by atoms with Gasteiger partial charge in [0.2, 0.25) is 11.8 Å². The summed E-state index contributed by atoms with van der Waals surface area (Å²) in [7, 11) is 1.33. The van der Waals surface area contributed by atoms with Crippen molar-refractivity contribution in [2.45, 2.75) is 84.0 Å². The summed E-state index contributed by atoms with van der Waals surface area (Å²) in [5.41, 5.74) is 1.26. The van der Waals surface area contributed by atoms with E-state index in [1.54, 1.807) is 9.80 Å². The molecule has 2 aliphatic heterocycles. The molecule has 0 radical (unpaired) electrons. The van der Waals surface area contributed by atoms with Crippen molar-refractivity contribution in [2.24, 2.45) is 11.8 Å². The van der Waals surface area contributed by atoms with E-state index in [9.17, 15) is 19.2 Å². The molecule has 250 valence electrons. The molecular weight excluding hydrogens is 586 g/mol. The Morgan fingerprint density at radius 2 is 1.67 bits per heavy atom. The molecule has 2 heterocycles. The molecule has 2 aromatic carbocycles. The molecule has 10 nitrogen and oxygen atoms in total. The number of hydrogen-bond donors (Lipinski definition) is 1. The molecule has 0 bridgehead atoms. The van der Waals surface area contributed by atoms with Gasteiger partial charge in [0, 0.05) is 32.6 Å². The molecule has 2 fully saturated rings. The molecule has 1 N–H and O–H groups in total. The van der Waals surface area contributed by atoms with Gasteiger partial charge < -0.3 is 29.3 Å². The third-order valence-corrected chi connectivity index (χ3v) is 8.60. The van der Waals surface area contributed by atoms with Crippen LogP contribution >= 0.6 is 0 Å². The zero-order chi connectivity index (χ0) is 33.1. The number of nitrogens with zero attached hydrogens (tertiary/aromatic N) is 2. The number of nitrogens with one attached hydrogen (secondary N) is 1. The number of hydrogen-bond acceptors (Lipinski definition) is 7. The van der Waals surface area contributed by atoms with Gasteiger partial charge in [-0.1, -0.05) is 42.5 Å². The van der Waals surface area contributed by atoms with Gasteiger partial charge in [0.1, 0.15) is 18.0 Å². The highest BCUT2D eigenvalue weighted by Crippen LogP contribution is 2.27. The lowest BCUT2D eigenvalue weighted by Crippen LogP contribution is -2.46. The summed E-state index contributed by atoms with van der Waals surface area (Å²) in [6.07, 6.45) is 3.98. The van der Waals surface area contributed by atoms with Crippen molar-refractivity contribution < 1.29 is 33.4 Å². The Bertz CT molecular complexity index is 1320. The molecule has 2 saturated heterocycles. The minimum absolute atomic E-state index is 0.0213. The van der Waals surface area contributed by atoms with Crippen LogP contribution in [0.3, 0.4) is 0 Å². The fourth-order valence-electron chi connectivity index (χ4n) is 5.99. The molecule has 46 heavy (non-hydrogen) atoms. The first-order valence-corrected chi connectivity index (χ1v) is 16.4. The van der Waals surface area contributed by atoms with Crippen LogP contribution in [0.4, 0.5) is 4.79 Å². The first-order valence-electron chi connectivity index (χ1n) is 16.4. The Morgan fingerprint density at radius 1 is 0.935 bits per heavy atom. The minimum Gasteiger partial charge on any atom is -0.489 e. The van der Waals surface area contributed by atoms with Crippen LogP contribution in [0.25, 0.3) is 0 Å². The van der Waals surface area contributed by atoms with Gasteiger partial charge in [-0.3, -0.25) is 14.4 Å². The van der Waals surface area contributed by atoms with Crippen molar-refractivity contribution in [3.8, 4) is 5.75 Å². The van der Waals surface area contributed by atoms with E-state index in [1.165, 1.54) is 7.11 Å². The van der Waals surface area contributed by atoms with Crippen LogP contribution < -0.4 is 10.1 Å². The molecule has 4 rings (SSSR count). The number of likely N-dealkylation sites (tertiary alicyclic amines) is 2. The van der Waals surface area contributed by atoms with Crippen molar-refractivity contribution in [1.29, 1.82) is 0 Å². The third-order valence-electron chi connectivity index (χ3n) is 8.60. The normalized spacial score (nSPS) is 18.0. The number of carbonyl (C=O) groups excluding carboxylic acids is 4. The van der Waals surface area contributed by atoms with Gasteiger partial charge in [-0.15, -0.1) is 0 Å². The maximum atomic E-state index is 13.5. The lowest BCUT2D eigenvalue weighted by molar-refractivity contribution is -0.141. The molecule has 0 unspecified atom stereocenters. The van der Waals surface area contributed by atoms with Gasteiger partial charge >= 0.3 is 12.1 Å². The van der Waals surface area contributed by atoms with Gasteiger partial charge in [0.15, 0.2) is 0 Å². The molecule has 2 aromatic rings. The number of methoxy groups -OCH3 is 1. The second kappa shape index (κ2) is 16.5. The van der Waals surface area contributed by atoms with Crippen molar-refractivity contribution in [3.63, 3.8) is 0 Å². The van der Waals surface area contributed by atoms with Crippen molar-refractivity contribution >= 4 is 23.9 Å². The van der Waals surface area contributed by atoms with Crippen LogP contribution in [0.2, 0.25) is 0 Å². The maximum absolute atomic E-state index is 13.5. The van der Waals surface area contributed by atoms with Gasteiger partial charge in [-0.2, -0.15) is 0 Å². The highest BCUT2D eigenvalue weighted by atomic mass is 16.6. The average molecular weight is 636 g/mol. The molecular formula is C36H49N3O7. The van der Waals surface area contributed by atoms with Crippen LogP contribution in [0.1, 0.15) is 82.9 Å². The Hall–Kier alpha value is -4.08. The summed E-state index contributed by atoms with van der Waals surface area (Å²) in [6.45, 7) is 8.24. The summed E-state index contributed by atoms with van der Waals surface area (Å²) in [4.78, 5) is 55.0. The average Bonchev–Trinajstić information content (AvgIpc) is 3.06. The summed E-state index contributed by atoms with van der Waals surface area (Å²) in [5.74, 6) is 0.0807. The molecule has 0 aromatic heterocycles. The number of esters is 1. The fourth-order valence-corrected chi connectivity index (χ4v) is 5.99. The SMILES string of the molecule is COC(=O)C[C@H](NC(=O)[C@@H]1CCCN(C(=O)CCC2CCN(C(=O)OC(C)(C)C)CC2)C1)c1cccc(OCc2ccccc2)c1. The number of ether oxygens (including phenoxy) is 3.